The summed E-state index contributed by atoms with van der Waals surface area (Å²) in [5, 5.41) is 5.35. The second-order valence-electron chi connectivity index (χ2n) is 5.29. The molecule has 1 amide bonds. The summed E-state index contributed by atoms with van der Waals surface area (Å²) in [6.45, 7) is -0.444. The van der Waals surface area contributed by atoms with Crippen LogP contribution in [0.15, 0.2) is 35.7 Å². The van der Waals surface area contributed by atoms with Gasteiger partial charge in [-0.2, -0.15) is 0 Å². The Balaban J connectivity index is 1.52. The van der Waals surface area contributed by atoms with Crippen molar-refractivity contribution in [1.29, 1.82) is 0 Å². The number of para-hydroxylation sites is 1. The van der Waals surface area contributed by atoms with E-state index in [2.05, 4.69) is 20.0 Å². The number of benzene rings is 1. The number of rotatable bonds is 6. The van der Waals surface area contributed by atoms with Crippen LogP contribution < -0.4 is 5.32 Å². The first-order valence-corrected chi connectivity index (χ1v) is 8.49. The number of amides is 1. The third-order valence-electron chi connectivity index (χ3n) is 3.44. The van der Waals surface area contributed by atoms with Crippen molar-refractivity contribution in [3.8, 4) is 0 Å². The highest BCUT2D eigenvalue weighted by atomic mass is 32.1. The lowest BCUT2D eigenvalue weighted by Gasteiger charge is -2.03. The van der Waals surface area contributed by atoms with Crippen molar-refractivity contribution in [1.82, 2.24) is 9.97 Å². The van der Waals surface area contributed by atoms with Crippen LogP contribution in [0.2, 0.25) is 0 Å². The molecule has 0 unspecified atom stereocenters. The minimum absolute atomic E-state index is 0.0260. The van der Waals surface area contributed by atoms with Crippen molar-refractivity contribution in [2.75, 3.05) is 19.0 Å². The molecule has 1 aromatic carbocycles. The van der Waals surface area contributed by atoms with Gasteiger partial charge >= 0.3 is 11.9 Å². The number of hydrogen-bond acceptors (Lipinski definition) is 7. The Kier molecular flexibility index (Phi) is 5.28. The molecule has 0 atom stereocenters. The molecule has 26 heavy (non-hydrogen) atoms. The molecule has 9 heteroatoms. The van der Waals surface area contributed by atoms with Gasteiger partial charge in [0.2, 0.25) is 0 Å². The fourth-order valence-electron chi connectivity index (χ4n) is 2.21. The Labute approximate surface area is 152 Å². The number of fused-ring (bicyclic) bond motifs is 1. The van der Waals surface area contributed by atoms with Crippen LogP contribution in [0.3, 0.4) is 0 Å². The number of nitrogens with one attached hydrogen (secondary N) is 2. The highest BCUT2D eigenvalue weighted by molar-refractivity contribution is 7.13. The smallest absolute Gasteiger partial charge is 0.355 e. The zero-order chi connectivity index (χ0) is 18.5. The summed E-state index contributed by atoms with van der Waals surface area (Å²) in [5.74, 6) is -1.56. The Morgan fingerprint density at radius 2 is 2.08 bits per heavy atom. The Morgan fingerprint density at radius 3 is 2.85 bits per heavy atom. The number of H-pyrrole nitrogens is 1. The van der Waals surface area contributed by atoms with E-state index in [0.717, 1.165) is 10.9 Å². The zero-order valence-corrected chi connectivity index (χ0v) is 14.6. The fraction of sp³-hybridized carbons (Fsp3) is 0.176. The van der Waals surface area contributed by atoms with E-state index in [-0.39, 0.29) is 12.1 Å². The van der Waals surface area contributed by atoms with Crippen molar-refractivity contribution in [3.63, 3.8) is 0 Å². The first-order chi connectivity index (χ1) is 12.5. The van der Waals surface area contributed by atoms with Crippen LogP contribution in [0.1, 0.15) is 16.2 Å². The summed E-state index contributed by atoms with van der Waals surface area (Å²) in [5.41, 5.74) is 1.57. The number of carbonyl (C=O) groups excluding carboxylic acids is 3. The molecule has 0 saturated carbocycles. The number of methoxy groups -OCH3 is 1. The van der Waals surface area contributed by atoms with E-state index in [1.807, 2.05) is 24.3 Å². The maximum absolute atomic E-state index is 12.0. The van der Waals surface area contributed by atoms with Crippen LogP contribution in [-0.2, 0) is 25.5 Å². The summed E-state index contributed by atoms with van der Waals surface area (Å²) in [6.07, 6.45) is 0.0260. The lowest BCUT2D eigenvalue weighted by atomic mass is 10.2. The number of carbonyl (C=O) groups is 3. The second-order valence-corrected chi connectivity index (χ2v) is 6.15. The molecular weight excluding hydrogens is 358 g/mol. The molecule has 134 valence electrons. The van der Waals surface area contributed by atoms with Crippen molar-refractivity contribution in [3.05, 3.63) is 47.1 Å². The van der Waals surface area contributed by atoms with Gasteiger partial charge in [-0.25, -0.2) is 9.78 Å². The third kappa shape index (κ3) is 4.25. The molecule has 0 aliphatic heterocycles. The molecule has 0 fully saturated rings. The van der Waals surface area contributed by atoms with E-state index in [9.17, 15) is 14.4 Å². The van der Waals surface area contributed by atoms with Gasteiger partial charge in [0, 0.05) is 16.3 Å². The van der Waals surface area contributed by atoms with Gasteiger partial charge in [-0.05, 0) is 12.1 Å². The van der Waals surface area contributed by atoms with Crippen LogP contribution in [0.25, 0.3) is 10.9 Å². The van der Waals surface area contributed by atoms with Crippen molar-refractivity contribution < 1.29 is 23.9 Å². The lowest BCUT2D eigenvalue weighted by molar-refractivity contribution is -0.139. The highest BCUT2D eigenvalue weighted by Crippen LogP contribution is 2.17. The number of anilines is 1. The van der Waals surface area contributed by atoms with Gasteiger partial charge in [0.1, 0.15) is 5.69 Å². The molecule has 2 heterocycles. The molecule has 3 aromatic rings. The third-order valence-corrected chi connectivity index (χ3v) is 4.24. The topological polar surface area (TPSA) is 110 Å². The second kappa shape index (κ2) is 7.79. The molecule has 0 spiro atoms. The molecule has 2 N–H and O–H groups in total. The predicted molar refractivity (Wildman–Crippen MR) is 95.0 cm³/mol. The van der Waals surface area contributed by atoms with Gasteiger partial charge in [0.25, 0.3) is 5.91 Å². The average molecular weight is 373 g/mol. The molecule has 3 rings (SSSR count). The van der Waals surface area contributed by atoms with E-state index in [1.54, 1.807) is 11.4 Å². The molecule has 0 bridgehead atoms. The number of nitrogens with zero attached hydrogens (tertiary/aromatic N) is 1. The quantitative estimate of drug-likeness (QED) is 0.641. The van der Waals surface area contributed by atoms with Crippen molar-refractivity contribution in [2.45, 2.75) is 6.42 Å². The first kappa shape index (κ1) is 17.6. The standard InChI is InChI=1S/C17H15N3O5S/c1-24-15(22)7-11-9-26-17(18-11)20-14(21)8-25-16(23)13-6-10-4-2-3-5-12(10)19-13/h2-6,9,19H,7-8H2,1H3,(H,18,20,21). The van der Waals surface area contributed by atoms with Crippen LogP contribution in [0.5, 0.6) is 0 Å². The van der Waals surface area contributed by atoms with Crippen molar-refractivity contribution >= 4 is 45.2 Å². The number of thiazole rings is 1. The number of hydrogen-bond donors (Lipinski definition) is 2. The molecule has 0 saturated heterocycles. The monoisotopic (exact) mass is 373 g/mol. The van der Waals surface area contributed by atoms with Crippen LogP contribution in [-0.4, -0.2) is 41.5 Å². The summed E-state index contributed by atoms with van der Waals surface area (Å²) in [4.78, 5) is 42.1. The number of aromatic nitrogens is 2. The largest absolute Gasteiger partial charge is 0.469 e. The average Bonchev–Trinajstić information content (AvgIpc) is 3.26. The highest BCUT2D eigenvalue weighted by Gasteiger charge is 2.14. The fourth-order valence-corrected chi connectivity index (χ4v) is 2.94. The van der Waals surface area contributed by atoms with Gasteiger partial charge in [-0.3, -0.25) is 14.9 Å². The minimum Gasteiger partial charge on any atom is -0.469 e. The maximum atomic E-state index is 12.0. The van der Waals surface area contributed by atoms with Gasteiger partial charge in [-0.15, -0.1) is 11.3 Å². The minimum atomic E-state index is -0.623. The SMILES string of the molecule is COC(=O)Cc1csc(NC(=O)COC(=O)c2cc3ccccc3[nH]2)n1. The number of esters is 2. The number of ether oxygens (including phenoxy) is 2. The Morgan fingerprint density at radius 1 is 1.27 bits per heavy atom. The van der Waals surface area contributed by atoms with Crippen LogP contribution in [0, 0.1) is 0 Å². The molecule has 0 radical (unpaired) electrons. The zero-order valence-electron chi connectivity index (χ0n) is 13.8. The van der Waals surface area contributed by atoms with E-state index in [4.69, 9.17) is 4.74 Å². The summed E-state index contributed by atoms with van der Waals surface area (Å²) < 4.78 is 9.55. The molecular formula is C17H15N3O5S. The Hall–Kier alpha value is -3.20. The summed E-state index contributed by atoms with van der Waals surface area (Å²) in [7, 11) is 1.29. The molecule has 0 aliphatic carbocycles. The maximum Gasteiger partial charge on any atom is 0.355 e. The molecule has 0 aliphatic rings. The van der Waals surface area contributed by atoms with Gasteiger partial charge in [-0.1, -0.05) is 18.2 Å². The van der Waals surface area contributed by atoms with Gasteiger partial charge < -0.3 is 14.5 Å². The van der Waals surface area contributed by atoms with Crippen molar-refractivity contribution in [2.24, 2.45) is 0 Å². The molecule has 8 nitrogen and oxygen atoms in total. The van der Waals surface area contributed by atoms with Crippen LogP contribution in [0.4, 0.5) is 5.13 Å². The number of aromatic amines is 1. The van der Waals surface area contributed by atoms with E-state index in [1.165, 1.54) is 18.4 Å². The van der Waals surface area contributed by atoms with Gasteiger partial charge in [0.15, 0.2) is 11.7 Å². The van der Waals surface area contributed by atoms with E-state index < -0.39 is 24.5 Å². The normalized spacial score (nSPS) is 10.5. The predicted octanol–water partition coefficient (Wildman–Crippen LogP) is 2.14. The molecule has 2 aromatic heterocycles. The first-order valence-electron chi connectivity index (χ1n) is 7.61. The van der Waals surface area contributed by atoms with E-state index in [0.29, 0.717) is 10.8 Å². The van der Waals surface area contributed by atoms with Crippen LogP contribution >= 0.6 is 11.3 Å². The van der Waals surface area contributed by atoms with E-state index >= 15 is 0 Å². The summed E-state index contributed by atoms with van der Waals surface area (Å²) >= 11 is 1.17. The lowest BCUT2D eigenvalue weighted by Crippen LogP contribution is -2.21. The van der Waals surface area contributed by atoms with Gasteiger partial charge in [0.05, 0.1) is 19.2 Å². The Bertz CT molecular complexity index is 929. The summed E-state index contributed by atoms with van der Waals surface area (Å²) in [6, 6.07) is 9.08.